The van der Waals surface area contributed by atoms with E-state index in [0.29, 0.717) is 6.54 Å². The predicted octanol–water partition coefficient (Wildman–Crippen LogP) is 2.23. The largest absolute Gasteiger partial charge is 0.391 e. The molecule has 1 aliphatic carbocycles. The fraction of sp³-hybridized carbons (Fsp3) is 0.923. The molecule has 0 heterocycles. The summed E-state index contributed by atoms with van der Waals surface area (Å²) in [4.78, 5) is 12.1. The van der Waals surface area contributed by atoms with Crippen molar-refractivity contribution in [2.24, 2.45) is 5.41 Å². The van der Waals surface area contributed by atoms with Gasteiger partial charge in [-0.25, -0.2) is 0 Å². The highest BCUT2D eigenvalue weighted by molar-refractivity contribution is 5.82. The average Bonchev–Trinajstić information content (AvgIpc) is 2.76. The molecule has 1 rings (SSSR count). The standard InChI is InChI=1S/C13H25NO2/c1-3-7-11(15)10-14-12(16)13(4-2)8-5-6-9-13/h11,15H,3-10H2,1-2H3,(H,14,16)/t11-/m0/s1. The number of aliphatic hydroxyl groups excluding tert-OH is 1. The van der Waals surface area contributed by atoms with E-state index in [-0.39, 0.29) is 17.4 Å². The SMILES string of the molecule is CCC[C@H](O)CNC(=O)C1(CC)CCCC1. The summed E-state index contributed by atoms with van der Waals surface area (Å²) in [5.74, 6) is 0.155. The molecule has 0 aliphatic heterocycles. The number of carbonyl (C=O) groups excluding carboxylic acids is 1. The lowest BCUT2D eigenvalue weighted by molar-refractivity contribution is -0.131. The Hall–Kier alpha value is -0.570. The zero-order valence-electron chi connectivity index (χ0n) is 10.6. The molecule has 94 valence electrons. The van der Waals surface area contributed by atoms with Crippen LogP contribution in [0.3, 0.4) is 0 Å². The normalized spacial score (nSPS) is 20.7. The van der Waals surface area contributed by atoms with E-state index in [0.717, 1.165) is 32.1 Å². The molecule has 0 aromatic carbocycles. The molecule has 1 aliphatic rings. The minimum atomic E-state index is -0.385. The molecular formula is C13H25NO2. The van der Waals surface area contributed by atoms with Gasteiger partial charge in [0.15, 0.2) is 0 Å². The topological polar surface area (TPSA) is 49.3 Å². The van der Waals surface area contributed by atoms with Crippen molar-refractivity contribution in [2.45, 2.75) is 64.9 Å². The summed E-state index contributed by atoms with van der Waals surface area (Å²) < 4.78 is 0. The van der Waals surface area contributed by atoms with Crippen LogP contribution >= 0.6 is 0 Å². The van der Waals surface area contributed by atoms with Gasteiger partial charge in [-0.2, -0.15) is 0 Å². The van der Waals surface area contributed by atoms with Crippen molar-refractivity contribution >= 4 is 5.91 Å². The average molecular weight is 227 g/mol. The number of rotatable bonds is 6. The summed E-state index contributed by atoms with van der Waals surface area (Å²) in [5.41, 5.74) is -0.133. The van der Waals surface area contributed by atoms with Gasteiger partial charge in [0.25, 0.3) is 0 Å². The van der Waals surface area contributed by atoms with Crippen LogP contribution in [0.15, 0.2) is 0 Å². The molecule has 0 saturated heterocycles. The minimum absolute atomic E-state index is 0.133. The number of carbonyl (C=O) groups is 1. The van der Waals surface area contributed by atoms with Crippen molar-refractivity contribution in [3.8, 4) is 0 Å². The summed E-state index contributed by atoms with van der Waals surface area (Å²) >= 11 is 0. The molecule has 1 saturated carbocycles. The number of hydrogen-bond acceptors (Lipinski definition) is 2. The summed E-state index contributed by atoms with van der Waals surface area (Å²) in [6.45, 7) is 4.54. The van der Waals surface area contributed by atoms with Gasteiger partial charge < -0.3 is 10.4 Å². The second-order valence-electron chi connectivity index (χ2n) is 4.99. The fourth-order valence-corrected chi connectivity index (χ4v) is 2.63. The van der Waals surface area contributed by atoms with Crippen LogP contribution in [0.25, 0.3) is 0 Å². The van der Waals surface area contributed by atoms with Crippen LogP contribution in [0.1, 0.15) is 58.8 Å². The Morgan fingerprint density at radius 3 is 2.50 bits per heavy atom. The lowest BCUT2D eigenvalue weighted by Gasteiger charge is -2.26. The zero-order chi connectivity index (χ0) is 12.0. The fourth-order valence-electron chi connectivity index (χ4n) is 2.63. The first-order valence-corrected chi connectivity index (χ1v) is 6.61. The molecule has 0 aromatic heterocycles. The molecule has 1 fully saturated rings. The number of aliphatic hydroxyl groups is 1. The van der Waals surface area contributed by atoms with Gasteiger partial charge in [0.05, 0.1) is 6.10 Å². The van der Waals surface area contributed by atoms with Gasteiger partial charge in [0.1, 0.15) is 0 Å². The van der Waals surface area contributed by atoms with Gasteiger partial charge in [-0.05, 0) is 25.7 Å². The molecule has 16 heavy (non-hydrogen) atoms. The van der Waals surface area contributed by atoms with Crippen LogP contribution in [0.4, 0.5) is 0 Å². The molecule has 2 N–H and O–H groups in total. The Kier molecular flexibility index (Phi) is 5.26. The van der Waals surface area contributed by atoms with Crippen LogP contribution in [-0.4, -0.2) is 23.7 Å². The highest BCUT2D eigenvalue weighted by Crippen LogP contribution is 2.40. The van der Waals surface area contributed by atoms with Crippen molar-refractivity contribution in [1.29, 1.82) is 0 Å². The Morgan fingerprint density at radius 2 is 2.00 bits per heavy atom. The van der Waals surface area contributed by atoms with Gasteiger partial charge in [0, 0.05) is 12.0 Å². The third-order valence-electron chi connectivity index (χ3n) is 3.84. The third kappa shape index (κ3) is 3.21. The minimum Gasteiger partial charge on any atom is -0.391 e. The van der Waals surface area contributed by atoms with E-state index in [4.69, 9.17) is 0 Å². The number of amides is 1. The van der Waals surface area contributed by atoms with Crippen LogP contribution < -0.4 is 5.32 Å². The summed E-state index contributed by atoms with van der Waals surface area (Å²) in [5, 5.41) is 12.5. The van der Waals surface area contributed by atoms with Crippen LogP contribution in [-0.2, 0) is 4.79 Å². The first-order valence-electron chi connectivity index (χ1n) is 6.61. The molecule has 0 aromatic rings. The Labute approximate surface area is 98.6 Å². The Balaban J connectivity index is 2.38. The number of nitrogens with one attached hydrogen (secondary N) is 1. The van der Waals surface area contributed by atoms with Gasteiger partial charge in [-0.3, -0.25) is 4.79 Å². The van der Waals surface area contributed by atoms with Crippen LogP contribution in [0.5, 0.6) is 0 Å². The van der Waals surface area contributed by atoms with Crippen molar-refractivity contribution in [2.75, 3.05) is 6.54 Å². The third-order valence-corrected chi connectivity index (χ3v) is 3.84. The van der Waals surface area contributed by atoms with E-state index in [1.807, 2.05) is 6.92 Å². The second kappa shape index (κ2) is 6.24. The van der Waals surface area contributed by atoms with E-state index in [1.54, 1.807) is 0 Å². The zero-order valence-corrected chi connectivity index (χ0v) is 10.6. The van der Waals surface area contributed by atoms with Crippen molar-refractivity contribution < 1.29 is 9.90 Å². The molecular weight excluding hydrogens is 202 g/mol. The molecule has 0 spiro atoms. The highest BCUT2D eigenvalue weighted by Gasteiger charge is 2.39. The van der Waals surface area contributed by atoms with E-state index in [2.05, 4.69) is 12.2 Å². The quantitative estimate of drug-likeness (QED) is 0.731. The van der Waals surface area contributed by atoms with Gasteiger partial charge in [-0.1, -0.05) is 33.1 Å². The summed E-state index contributed by atoms with van der Waals surface area (Å²) in [7, 11) is 0. The maximum Gasteiger partial charge on any atom is 0.226 e. The molecule has 1 amide bonds. The van der Waals surface area contributed by atoms with Crippen LogP contribution in [0.2, 0.25) is 0 Å². The van der Waals surface area contributed by atoms with Crippen molar-refractivity contribution in [3.63, 3.8) is 0 Å². The van der Waals surface area contributed by atoms with Gasteiger partial charge in [-0.15, -0.1) is 0 Å². The maximum atomic E-state index is 12.1. The van der Waals surface area contributed by atoms with Crippen molar-refractivity contribution in [1.82, 2.24) is 5.32 Å². The summed E-state index contributed by atoms with van der Waals surface area (Å²) in [6.07, 6.45) is 6.61. The Bertz CT molecular complexity index is 222. The van der Waals surface area contributed by atoms with Crippen molar-refractivity contribution in [3.05, 3.63) is 0 Å². The molecule has 1 atom stereocenters. The molecule has 3 nitrogen and oxygen atoms in total. The van der Waals surface area contributed by atoms with E-state index < -0.39 is 0 Å². The molecule has 0 bridgehead atoms. The van der Waals surface area contributed by atoms with Crippen LogP contribution in [0, 0.1) is 5.41 Å². The summed E-state index contributed by atoms with van der Waals surface area (Å²) in [6, 6.07) is 0. The van der Waals surface area contributed by atoms with Gasteiger partial charge in [0.2, 0.25) is 5.91 Å². The van der Waals surface area contributed by atoms with Gasteiger partial charge >= 0.3 is 0 Å². The highest BCUT2D eigenvalue weighted by atomic mass is 16.3. The molecule has 3 heteroatoms. The van der Waals surface area contributed by atoms with E-state index in [1.165, 1.54) is 12.8 Å². The monoisotopic (exact) mass is 227 g/mol. The first-order chi connectivity index (χ1) is 7.64. The lowest BCUT2D eigenvalue weighted by Crippen LogP contribution is -2.42. The smallest absolute Gasteiger partial charge is 0.226 e. The maximum absolute atomic E-state index is 12.1. The number of hydrogen-bond donors (Lipinski definition) is 2. The van der Waals surface area contributed by atoms with E-state index >= 15 is 0 Å². The van der Waals surface area contributed by atoms with E-state index in [9.17, 15) is 9.90 Å². The second-order valence-corrected chi connectivity index (χ2v) is 4.99. The Morgan fingerprint density at radius 1 is 1.38 bits per heavy atom. The molecule has 0 unspecified atom stereocenters. The predicted molar refractivity (Wildman–Crippen MR) is 65.1 cm³/mol. The first kappa shape index (κ1) is 13.5. The lowest BCUT2D eigenvalue weighted by atomic mass is 9.82. The molecule has 0 radical (unpaired) electrons.